The number of fused-ring (bicyclic) bond motifs is 1. The zero-order valence-corrected chi connectivity index (χ0v) is 11.1. The molecule has 2 atom stereocenters. The molecule has 2 heterocycles. The number of Topliss-reactive ketones (excluding diaryl/α,β-unsaturated/α-hetero) is 1. The Balaban J connectivity index is 1.74. The minimum atomic E-state index is -0.177. The van der Waals surface area contributed by atoms with Gasteiger partial charge in [0.25, 0.3) is 0 Å². The van der Waals surface area contributed by atoms with E-state index in [0.717, 1.165) is 8.69 Å². The van der Waals surface area contributed by atoms with Gasteiger partial charge < -0.3 is 0 Å². The van der Waals surface area contributed by atoms with Crippen molar-refractivity contribution in [1.29, 1.82) is 0 Å². The number of piperidine rings is 1. The van der Waals surface area contributed by atoms with E-state index in [2.05, 4.69) is 15.9 Å². The van der Waals surface area contributed by atoms with Crippen LogP contribution >= 0.6 is 27.3 Å². The summed E-state index contributed by atoms with van der Waals surface area (Å²) in [6.07, 6.45) is 0.674. The molecule has 0 bridgehead atoms. The van der Waals surface area contributed by atoms with E-state index in [-0.39, 0.29) is 36.0 Å². The summed E-state index contributed by atoms with van der Waals surface area (Å²) < 4.78 is 0.864. The van der Waals surface area contributed by atoms with Crippen molar-refractivity contribution >= 4 is 44.9 Å². The smallest absolute Gasteiger partial charge is 0.233 e. The molecule has 2 aliphatic rings. The van der Waals surface area contributed by atoms with Gasteiger partial charge in [-0.15, -0.1) is 11.3 Å². The quantitative estimate of drug-likeness (QED) is 0.630. The van der Waals surface area contributed by atoms with Gasteiger partial charge in [-0.05, 0) is 34.5 Å². The Morgan fingerprint density at radius 1 is 1.35 bits per heavy atom. The third-order valence-corrected chi connectivity index (χ3v) is 4.77. The molecule has 1 aliphatic carbocycles. The van der Waals surface area contributed by atoms with Crippen molar-refractivity contribution in [3.05, 3.63) is 20.8 Å². The van der Waals surface area contributed by atoms with Gasteiger partial charge in [0, 0.05) is 0 Å². The maximum Gasteiger partial charge on any atom is 0.233 e. The molecule has 0 aromatic carbocycles. The number of rotatable bonds is 3. The van der Waals surface area contributed by atoms with Gasteiger partial charge in [-0.1, -0.05) is 0 Å². The molecule has 1 saturated carbocycles. The number of carbonyl (C=O) groups is 3. The Morgan fingerprint density at radius 3 is 2.53 bits per heavy atom. The summed E-state index contributed by atoms with van der Waals surface area (Å²) in [5.41, 5.74) is 0. The Kier molecular flexibility index (Phi) is 2.45. The van der Waals surface area contributed by atoms with Crippen LogP contribution in [-0.2, 0) is 9.59 Å². The summed E-state index contributed by atoms with van der Waals surface area (Å²) in [7, 11) is 0. The summed E-state index contributed by atoms with van der Waals surface area (Å²) in [4.78, 5) is 36.9. The first kappa shape index (κ1) is 11.1. The lowest BCUT2D eigenvalue weighted by atomic mass is 10.3. The second-order valence-corrected chi connectivity index (χ2v) is 6.70. The average molecular weight is 314 g/mol. The highest BCUT2D eigenvalue weighted by Crippen LogP contribution is 2.46. The van der Waals surface area contributed by atoms with E-state index in [9.17, 15) is 14.4 Å². The van der Waals surface area contributed by atoms with Crippen molar-refractivity contribution in [3.8, 4) is 0 Å². The normalized spacial score (nSPS) is 26.3. The Labute approximate surface area is 110 Å². The fourth-order valence-electron chi connectivity index (χ4n) is 2.09. The van der Waals surface area contributed by atoms with Crippen LogP contribution in [0.5, 0.6) is 0 Å². The maximum absolute atomic E-state index is 11.9. The van der Waals surface area contributed by atoms with E-state index >= 15 is 0 Å². The molecule has 1 aliphatic heterocycles. The lowest BCUT2D eigenvalue weighted by molar-refractivity contribution is -0.140. The first-order valence-electron chi connectivity index (χ1n) is 5.21. The summed E-state index contributed by atoms with van der Waals surface area (Å²) >= 11 is 4.58. The Bertz CT molecular complexity index is 519. The first-order valence-corrected chi connectivity index (χ1v) is 6.82. The molecular formula is C11H8BrNO3S. The van der Waals surface area contributed by atoms with E-state index in [1.165, 1.54) is 11.3 Å². The zero-order valence-electron chi connectivity index (χ0n) is 8.68. The number of likely N-dealkylation sites (tertiary alicyclic amines) is 1. The molecule has 1 saturated heterocycles. The van der Waals surface area contributed by atoms with Crippen LogP contribution < -0.4 is 0 Å². The summed E-state index contributed by atoms with van der Waals surface area (Å²) in [6.45, 7) is -0.113. The number of amides is 2. The number of ketones is 1. The molecule has 2 amide bonds. The highest BCUT2D eigenvalue weighted by Gasteiger charge is 2.59. The predicted molar refractivity (Wildman–Crippen MR) is 64.7 cm³/mol. The highest BCUT2D eigenvalue weighted by atomic mass is 79.9. The van der Waals surface area contributed by atoms with E-state index in [1.807, 2.05) is 0 Å². The van der Waals surface area contributed by atoms with Gasteiger partial charge in [0.05, 0.1) is 27.0 Å². The van der Waals surface area contributed by atoms with E-state index in [0.29, 0.717) is 11.3 Å². The van der Waals surface area contributed by atoms with Crippen LogP contribution in [0.15, 0.2) is 15.9 Å². The fraction of sp³-hybridized carbons (Fsp3) is 0.364. The van der Waals surface area contributed by atoms with Crippen molar-refractivity contribution < 1.29 is 14.4 Å². The van der Waals surface area contributed by atoms with Crippen molar-refractivity contribution in [1.82, 2.24) is 4.90 Å². The molecule has 88 valence electrons. The highest BCUT2D eigenvalue weighted by molar-refractivity contribution is 9.11. The summed E-state index contributed by atoms with van der Waals surface area (Å²) in [5.74, 6) is -0.799. The van der Waals surface area contributed by atoms with Gasteiger partial charge >= 0.3 is 0 Å². The second-order valence-electron chi connectivity index (χ2n) is 4.24. The molecule has 1 aromatic rings. The van der Waals surface area contributed by atoms with Crippen molar-refractivity contribution in [2.45, 2.75) is 6.42 Å². The van der Waals surface area contributed by atoms with Crippen molar-refractivity contribution in [2.24, 2.45) is 11.8 Å². The predicted octanol–water partition coefficient (Wildman–Crippen LogP) is 1.70. The Morgan fingerprint density at radius 2 is 2.00 bits per heavy atom. The molecular weight excluding hydrogens is 306 g/mol. The summed E-state index contributed by atoms with van der Waals surface area (Å²) in [5, 5.41) is 0. The number of imide groups is 1. The molecule has 0 radical (unpaired) electrons. The van der Waals surface area contributed by atoms with Gasteiger partial charge in [0.2, 0.25) is 11.8 Å². The van der Waals surface area contributed by atoms with E-state index in [1.54, 1.807) is 12.1 Å². The van der Waals surface area contributed by atoms with Crippen molar-refractivity contribution in [2.75, 3.05) is 6.54 Å². The lowest BCUT2D eigenvalue weighted by Crippen LogP contribution is -2.37. The summed E-state index contributed by atoms with van der Waals surface area (Å²) in [6, 6.07) is 3.48. The number of halogens is 1. The molecule has 1 aromatic heterocycles. The molecule has 17 heavy (non-hydrogen) atoms. The number of carbonyl (C=O) groups excluding carboxylic acids is 3. The number of hydrogen-bond acceptors (Lipinski definition) is 4. The molecule has 0 spiro atoms. The third-order valence-electron chi connectivity index (χ3n) is 3.11. The molecule has 6 heteroatoms. The largest absolute Gasteiger partial charge is 0.291 e. The standard InChI is InChI=1S/C11H8BrNO3S/c12-9-2-1-8(17-9)7(14)4-13-10(15)5-3-6(5)11(13)16/h1-2,5-6H,3-4H2. The van der Waals surface area contributed by atoms with Crippen LogP contribution in [0.3, 0.4) is 0 Å². The van der Waals surface area contributed by atoms with Crippen LogP contribution in [0.4, 0.5) is 0 Å². The van der Waals surface area contributed by atoms with Gasteiger partial charge in [-0.25, -0.2) is 0 Å². The van der Waals surface area contributed by atoms with Crippen LogP contribution in [0.25, 0.3) is 0 Å². The fourth-order valence-corrected chi connectivity index (χ4v) is 3.41. The topological polar surface area (TPSA) is 54.5 Å². The average Bonchev–Trinajstić information content (AvgIpc) is 2.93. The monoisotopic (exact) mass is 313 g/mol. The van der Waals surface area contributed by atoms with Crippen LogP contribution in [0.2, 0.25) is 0 Å². The zero-order chi connectivity index (χ0) is 12.2. The van der Waals surface area contributed by atoms with E-state index in [4.69, 9.17) is 0 Å². The molecule has 4 nitrogen and oxygen atoms in total. The third kappa shape index (κ3) is 1.75. The minimum absolute atomic E-state index is 0.113. The minimum Gasteiger partial charge on any atom is -0.291 e. The SMILES string of the molecule is O=C(CN1C(=O)C2CC2C1=O)c1ccc(Br)s1. The van der Waals surface area contributed by atoms with Crippen LogP contribution in [0, 0.1) is 11.8 Å². The van der Waals surface area contributed by atoms with Gasteiger partial charge in [0.1, 0.15) is 0 Å². The lowest BCUT2D eigenvalue weighted by Gasteiger charge is -2.14. The first-order chi connectivity index (χ1) is 8.08. The number of nitrogens with zero attached hydrogens (tertiary/aromatic N) is 1. The molecule has 2 unspecified atom stereocenters. The van der Waals surface area contributed by atoms with Crippen LogP contribution in [0.1, 0.15) is 16.1 Å². The van der Waals surface area contributed by atoms with Gasteiger partial charge in [-0.2, -0.15) is 0 Å². The molecule has 0 N–H and O–H groups in total. The second kappa shape index (κ2) is 3.74. The molecule has 3 rings (SSSR count). The van der Waals surface area contributed by atoms with Crippen molar-refractivity contribution in [3.63, 3.8) is 0 Å². The number of thiophene rings is 1. The van der Waals surface area contributed by atoms with Gasteiger partial charge in [0.15, 0.2) is 5.78 Å². The van der Waals surface area contributed by atoms with Crippen LogP contribution in [-0.4, -0.2) is 29.0 Å². The maximum atomic E-state index is 11.9. The van der Waals surface area contributed by atoms with E-state index < -0.39 is 0 Å². The Hall–Kier alpha value is -1.01. The molecule has 2 fully saturated rings. The van der Waals surface area contributed by atoms with Gasteiger partial charge in [-0.3, -0.25) is 19.3 Å². The number of hydrogen-bond donors (Lipinski definition) is 0.